The number of amides is 1. The van der Waals surface area contributed by atoms with E-state index in [2.05, 4.69) is 39.6 Å². The lowest BCUT2D eigenvalue weighted by atomic mass is 10.0. The summed E-state index contributed by atoms with van der Waals surface area (Å²) in [5, 5.41) is 7.39. The number of benzene rings is 1. The Kier molecular flexibility index (Phi) is 4.76. The SMILES string of the molecule is Cc1nn(C)cc1C(=O)NC1CCN(Cc2ccccc2)CC1. The molecule has 23 heavy (non-hydrogen) atoms. The van der Waals surface area contributed by atoms with Crippen LogP contribution in [0.2, 0.25) is 0 Å². The Morgan fingerprint density at radius 1 is 1.26 bits per heavy atom. The van der Waals surface area contributed by atoms with Gasteiger partial charge in [0.15, 0.2) is 0 Å². The van der Waals surface area contributed by atoms with Crippen LogP contribution in [0.25, 0.3) is 0 Å². The van der Waals surface area contributed by atoms with Gasteiger partial charge in [-0.05, 0) is 25.3 Å². The number of hydrogen-bond acceptors (Lipinski definition) is 3. The molecule has 0 atom stereocenters. The summed E-state index contributed by atoms with van der Waals surface area (Å²) in [6, 6.07) is 10.8. The molecule has 1 amide bonds. The van der Waals surface area contributed by atoms with E-state index in [1.165, 1.54) is 5.56 Å². The van der Waals surface area contributed by atoms with Crippen molar-refractivity contribution in [3.8, 4) is 0 Å². The first-order chi connectivity index (χ1) is 11.1. The summed E-state index contributed by atoms with van der Waals surface area (Å²) < 4.78 is 1.69. The summed E-state index contributed by atoms with van der Waals surface area (Å²) in [6.45, 7) is 4.90. The number of hydrogen-bond donors (Lipinski definition) is 1. The minimum absolute atomic E-state index is 0.00268. The minimum atomic E-state index is -0.00268. The van der Waals surface area contributed by atoms with Gasteiger partial charge in [-0.1, -0.05) is 30.3 Å². The molecule has 2 aromatic rings. The van der Waals surface area contributed by atoms with Gasteiger partial charge in [-0.25, -0.2) is 0 Å². The second kappa shape index (κ2) is 6.96. The molecule has 0 radical (unpaired) electrons. The number of aromatic nitrogens is 2. The normalized spacial score (nSPS) is 16.4. The summed E-state index contributed by atoms with van der Waals surface area (Å²) in [4.78, 5) is 14.8. The molecule has 2 heterocycles. The standard InChI is InChI=1S/C18H24N4O/c1-14-17(13-21(2)20-14)18(23)19-16-8-10-22(11-9-16)12-15-6-4-3-5-7-15/h3-7,13,16H,8-12H2,1-2H3,(H,19,23). The van der Waals surface area contributed by atoms with Gasteiger partial charge in [-0.2, -0.15) is 5.10 Å². The zero-order chi connectivity index (χ0) is 16.2. The van der Waals surface area contributed by atoms with Gasteiger partial charge in [-0.3, -0.25) is 14.4 Å². The highest BCUT2D eigenvalue weighted by molar-refractivity contribution is 5.95. The van der Waals surface area contributed by atoms with E-state index in [4.69, 9.17) is 0 Å². The fourth-order valence-electron chi connectivity index (χ4n) is 3.16. The van der Waals surface area contributed by atoms with Crippen LogP contribution in [-0.4, -0.2) is 39.7 Å². The van der Waals surface area contributed by atoms with Crippen LogP contribution in [0.5, 0.6) is 0 Å². The molecule has 0 bridgehead atoms. The molecule has 1 aliphatic rings. The lowest BCUT2D eigenvalue weighted by molar-refractivity contribution is 0.0908. The summed E-state index contributed by atoms with van der Waals surface area (Å²) in [5.41, 5.74) is 2.81. The third kappa shape index (κ3) is 3.99. The number of piperidine rings is 1. The number of nitrogens with zero attached hydrogens (tertiary/aromatic N) is 3. The molecule has 1 N–H and O–H groups in total. The number of carbonyl (C=O) groups is 1. The maximum atomic E-state index is 12.3. The van der Waals surface area contributed by atoms with Crippen molar-refractivity contribution in [1.29, 1.82) is 0 Å². The molecule has 0 aliphatic carbocycles. The summed E-state index contributed by atoms with van der Waals surface area (Å²) >= 11 is 0. The highest BCUT2D eigenvalue weighted by Gasteiger charge is 2.22. The van der Waals surface area contributed by atoms with E-state index in [1.54, 1.807) is 10.9 Å². The minimum Gasteiger partial charge on any atom is -0.349 e. The van der Waals surface area contributed by atoms with Crippen LogP contribution < -0.4 is 5.32 Å². The Labute approximate surface area is 137 Å². The molecule has 122 valence electrons. The van der Waals surface area contributed by atoms with Gasteiger partial charge in [0.05, 0.1) is 11.3 Å². The molecule has 0 spiro atoms. The van der Waals surface area contributed by atoms with Gasteiger partial charge in [0.25, 0.3) is 5.91 Å². The van der Waals surface area contributed by atoms with Crippen LogP contribution in [-0.2, 0) is 13.6 Å². The van der Waals surface area contributed by atoms with Gasteiger partial charge in [0, 0.05) is 38.9 Å². The molecule has 1 aromatic carbocycles. The maximum absolute atomic E-state index is 12.3. The summed E-state index contributed by atoms with van der Waals surface area (Å²) in [5.74, 6) is -0.00268. The molecular weight excluding hydrogens is 288 g/mol. The van der Waals surface area contributed by atoms with Crippen molar-refractivity contribution in [2.75, 3.05) is 13.1 Å². The Morgan fingerprint density at radius 3 is 2.57 bits per heavy atom. The van der Waals surface area contributed by atoms with Crippen molar-refractivity contribution >= 4 is 5.91 Å². The molecule has 3 rings (SSSR count). The summed E-state index contributed by atoms with van der Waals surface area (Å²) in [7, 11) is 1.84. The van der Waals surface area contributed by atoms with Crippen LogP contribution in [0.1, 0.15) is 34.5 Å². The number of likely N-dealkylation sites (tertiary alicyclic amines) is 1. The van der Waals surface area contributed by atoms with Crippen molar-refractivity contribution in [2.24, 2.45) is 7.05 Å². The molecule has 1 aromatic heterocycles. The molecule has 0 saturated carbocycles. The number of rotatable bonds is 4. The van der Waals surface area contributed by atoms with Crippen molar-refractivity contribution < 1.29 is 4.79 Å². The first kappa shape index (κ1) is 15.7. The Balaban J connectivity index is 1.49. The summed E-state index contributed by atoms with van der Waals surface area (Å²) in [6.07, 6.45) is 3.78. The molecular formula is C18H24N4O. The van der Waals surface area contributed by atoms with Crippen molar-refractivity contribution in [2.45, 2.75) is 32.4 Å². The zero-order valence-corrected chi connectivity index (χ0v) is 13.8. The quantitative estimate of drug-likeness (QED) is 0.941. The number of carbonyl (C=O) groups excluding carboxylic acids is 1. The van der Waals surface area contributed by atoms with E-state index in [0.717, 1.165) is 38.2 Å². The fourth-order valence-corrected chi connectivity index (χ4v) is 3.16. The Bertz CT molecular complexity index is 657. The second-order valence-electron chi connectivity index (χ2n) is 6.31. The van der Waals surface area contributed by atoms with Crippen LogP contribution in [0.3, 0.4) is 0 Å². The van der Waals surface area contributed by atoms with E-state index >= 15 is 0 Å². The maximum Gasteiger partial charge on any atom is 0.254 e. The molecule has 0 unspecified atom stereocenters. The largest absolute Gasteiger partial charge is 0.349 e. The van der Waals surface area contributed by atoms with E-state index < -0.39 is 0 Å². The average Bonchev–Trinajstić information content (AvgIpc) is 2.89. The fraction of sp³-hybridized carbons (Fsp3) is 0.444. The number of aryl methyl sites for hydroxylation is 2. The van der Waals surface area contributed by atoms with Crippen LogP contribution in [0, 0.1) is 6.92 Å². The highest BCUT2D eigenvalue weighted by atomic mass is 16.1. The van der Waals surface area contributed by atoms with Crippen molar-refractivity contribution in [3.63, 3.8) is 0 Å². The third-order valence-electron chi connectivity index (χ3n) is 4.43. The van der Waals surface area contributed by atoms with Crippen LogP contribution >= 0.6 is 0 Å². The number of nitrogens with one attached hydrogen (secondary N) is 1. The third-order valence-corrected chi connectivity index (χ3v) is 4.43. The first-order valence-corrected chi connectivity index (χ1v) is 8.19. The van der Waals surface area contributed by atoms with E-state index in [-0.39, 0.29) is 11.9 Å². The van der Waals surface area contributed by atoms with E-state index in [1.807, 2.05) is 20.0 Å². The van der Waals surface area contributed by atoms with E-state index in [0.29, 0.717) is 5.56 Å². The molecule has 1 saturated heterocycles. The lowest BCUT2D eigenvalue weighted by Gasteiger charge is -2.32. The van der Waals surface area contributed by atoms with Crippen molar-refractivity contribution in [1.82, 2.24) is 20.0 Å². The lowest BCUT2D eigenvalue weighted by Crippen LogP contribution is -2.44. The van der Waals surface area contributed by atoms with Gasteiger partial charge in [0.2, 0.25) is 0 Å². The topological polar surface area (TPSA) is 50.2 Å². The van der Waals surface area contributed by atoms with Crippen molar-refractivity contribution in [3.05, 3.63) is 53.3 Å². The van der Waals surface area contributed by atoms with Gasteiger partial charge in [0.1, 0.15) is 0 Å². The van der Waals surface area contributed by atoms with E-state index in [9.17, 15) is 4.79 Å². The smallest absolute Gasteiger partial charge is 0.254 e. The monoisotopic (exact) mass is 312 g/mol. The zero-order valence-electron chi connectivity index (χ0n) is 13.8. The molecule has 5 heteroatoms. The first-order valence-electron chi connectivity index (χ1n) is 8.19. The molecule has 1 fully saturated rings. The second-order valence-corrected chi connectivity index (χ2v) is 6.31. The van der Waals surface area contributed by atoms with Gasteiger partial charge in [-0.15, -0.1) is 0 Å². The van der Waals surface area contributed by atoms with Gasteiger partial charge >= 0.3 is 0 Å². The predicted molar refractivity (Wildman–Crippen MR) is 90.2 cm³/mol. The Hall–Kier alpha value is -2.14. The molecule has 1 aliphatic heterocycles. The average molecular weight is 312 g/mol. The van der Waals surface area contributed by atoms with Crippen LogP contribution in [0.15, 0.2) is 36.5 Å². The molecule has 5 nitrogen and oxygen atoms in total. The Morgan fingerprint density at radius 2 is 1.96 bits per heavy atom. The highest BCUT2D eigenvalue weighted by Crippen LogP contribution is 2.15. The predicted octanol–water partition coefficient (Wildman–Crippen LogP) is 2.12. The van der Waals surface area contributed by atoms with Crippen LogP contribution in [0.4, 0.5) is 0 Å². The van der Waals surface area contributed by atoms with Gasteiger partial charge < -0.3 is 5.32 Å².